The predicted molar refractivity (Wildman–Crippen MR) is 116 cm³/mol. The van der Waals surface area contributed by atoms with Crippen molar-refractivity contribution in [1.29, 1.82) is 0 Å². The Kier molecular flexibility index (Phi) is 6.97. The van der Waals surface area contributed by atoms with E-state index in [1.807, 2.05) is 19.1 Å². The first-order valence-electron chi connectivity index (χ1n) is 10.00. The molecule has 2 aromatic carbocycles. The number of benzene rings is 2. The van der Waals surface area contributed by atoms with Crippen LogP contribution in [0.1, 0.15) is 34.6 Å². The molecule has 0 N–H and O–H groups in total. The molecule has 1 atom stereocenters. The topological polar surface area (TPSA) is 93.2 Å². The maximum absolute atomic E-state index is 13.2. The minimum Gasteiger partial charge on any atom is -0.465 e. The van der Waals surface area contributed by atoms with Crippen molar-refractivity contribution in [2.45, 2.75) is 24.8 Å². The van der Waals surface area contributed by atoms with Crippen LogP contribution in [0, 0.1) is 0 Å². The number of ether oxygens (including phenoxy) is 2. The summed E-state index contributed by atoms with van der Waals surface area (Å²) < 4.78 is 37.6. The number of hydrogen-bond donors (Lipinski definition) is 0. The monoisotopic (exact) mass is 446 g/mol. The third-order valence-electron chi connectivity index (χ3n) is 5.17. The van der Waals surface area contributed by atoms with Gasteiger partial charge in [0.2, 0.25) is 10.0 Å². The Hall–Kier alpha value is -2.91. The zero-order valence-electron chi connectivity index (χ0n) is 17.8. The van der Waals surface area contributed by atoms with Crippen LogP contribution in [-0.4, -0.2) is 64.1 Å². The fourth-order valence-corrected chi connectivity index (χ4v) is 5.25. The molecule has 3 rings (SSSR count). The standard InChI is InChI=1S/C22H26N2O6S/c1-4-30-22(26)18-6-5-7-20(14-18)31(27,28)24-13-12-23(15-16(24)2)19-10-8-17(9-11-19)21(25)29-3/h5-11,14,16H,4,12-13,15H2,1-3H3. The van der Waals surface area contributed by atoms with Crippen molar-refractivity contribution in [3.63, 3.8) is 0 Å². The van der Waals surface area contributed by atoms with Crippen LogP contribution < -0.4 is 4.90 Å². The van der Waals surface area contributed by atoms with Gasteiger partial charge in [0, 0.05) is 31.4 Å². The van der Waals surface area contributed by atoms with Crippen LogP contribution in [0.3, 0.4) is 0 Å². The SMILES string of the molecule is CCOC(=O)c1cccc(S(=O)(=O)N2CCN(c3ccc(C(=O)OC)cc3)CC2C)c1. The minimum absolute atomic E-state index is 0.0702. The Morgan fingerprint density at radius 1 is 1.03 bits per heavy atom. The van der Waals surface area contributed by atoms with Gasteiger partial charge in [-0.05, 0) is 56.3 Å². The maximum atomic E-state index is 13.2. The Morgan fingerprint density at radius 3 is 2.35 bits per heavy atom. The van der Waals surface area contributed by atoms with Gasteiger partial charge in [0.15, 0.2) is 0 Å². The molecule has 0 bridgehead atoms. The third-order valence-corrected chi connectivity index (χ3v) is 7.18. The lowest BCUT2D eigenvalue weighted by molar-refractivity contribution is 0.0525. The highest BCUT2D eigenvalue weighted by molar-refractivity contribution is 7.89. The molecule has 1 fully saturated rings. The van der Waals surface area contributed by atoms with Crippen molar-refractivity contribution in [2.24, 2.45) is 0 Å². The molecule has 9 heteroatoms. The summed E-state index contributed by atoms with van der Waals surface area (Å²) in [7, 11) is -2.44. The molecule has 31 heavy (non-hydrogen) atoms. The lowest BCUT2D eigenvalue weighted by Gasteiger charge is -2.40. The molecule has 0 aromatic heterocycles. The zero-order chi connectivity index (χ0) is 22.6. The average molecular weight is 447 g/mol. The van der Waals surface area contributed by atoms with E-state index in [2.05, 4.69) is 4.90 Å². The van der Waals surface area contributed by atoms with Crippen LogP contribution in [0.4, 0.5) is 5.69 Å². The number of piperazine rings is 1. The smallest absolute Gasteiger partial charge is 0.338 e. The van der Waals surface area contributed by atoms with E-state index in [1.165, 1.54) is 29.6 Å². The van der Waals surface area contributed by atoms with E-state index in [1.54, 1.807) is 25.1 Å². The number of anilines is 1. The molecule has 8 nitrogen and oxygen atoms in total. The summed E-state index contributed by atoms with van der Waals surface area (Å²) in [5.74, 6) is -0.950. The molecule has 0 saturated carbocycles. The van der Waals surface area contributed by atoms with E-state index in [4.69, 9.17) is 9.47 Å². The van der Waals surface area contributed by atoms with E-state index in [9.17, 15) is 18.0 Å². The molecule has 2 aromatic rings. The quantitative estimate of drug-likeness (QED) is 0.630. The number of nitrogens with zero attached hydrogens (tertiary/aromatic N) is 2. The van der Waals surface area contributed by atoms with Crippen molar-refractivity contribution < 1.29 is 27.5 Å². The molecule has 0 amide bonds. The number of carbonyl (C=O) groups is 2. The van der Waals surface area contributed by atoms with Gasteiger partial charge in [-0.1, -0.05) is 6.07 Å². The summed E-state index contributed by atoms with van der Waals surface area (Å²) in [6.45, 7) is 5.05. The summed E-state index contributed by atoms with van der Waals surface area (Å²) >= 11 is 0. The van der Waals surface area contributed by atoms with E-state index in [0.29, 0.717) is 25.2 Å². The van der Waals surface area contributed by atoms with Crippen LogP contribution in [0.5, 0.6) is 0 Å². The summed E-state index contributed by atoms with van der Waals surface area (Å²) in [5.41, 5.74) is 1.57. The van der Waals surface area contributed by atoms with Crippen molar-refractivity contribution in [3.05, 3.63) is 59.7 Å². The van der Waals surface area contributed by atoms with Gasteiger partial charge in [-0.25, -0.2) is 18.0 Å². The normalized spacial score (nSPS) is 17.3. The first-order valence-corrected chi connectivity index (χ1v) is 11.4. The second-order valence-corrected chi connectivity index (χ2v) is 9.09. The summed E-state index contributed by atoms with van der Waals surface area (Å²) in [6, 6.07) is 12.7. The predicted octanol–water partition coefficient (Wildman–Crippen LogP) is 2.55. The fourth-order valence-electron chi connectivity index (χ4n) is 3.59. The Bertz CT molecular complexity index is 1050. The number of methoxy groups -OCH3 is 1. The van der Waals surface area contributed by atoms with Gasteiger partial charge in [-0.2, -0.15) is 4.31 Å². The highest BCUT2D eigenvalue weighted by atomic mass is 32.2. The van der Waals surface area contributed by atoms with Gasteiger partial charge in [-0.3, -0.25) is 0 Å². The second kappa shape index (κ2) is 9.49. The number of sulfonamides is 1. The van der Waals surface area contributed by atoms with Crippen LogP contribution in [0.2, 0.25) is 0 Å². The van der Waals surface area contributed by atoms with Gasteiger partial charge >= 0.3 is 11.9 Å². The van der Waals surface area contributed by atoms with E-state index in [-0.39, 0.29) is 23.1 Å². The zero-order valence-corrected chi connectivity index (χ0v) is 18.6. The van der Waals surface area contributed by atoms with E-state index < -0.39 is 22.0 Å². The molecule has 1 saturated heterocycles. The minimum atomic E-state index is -3.77. The molecular weight excluding hydrogens is 420 g/mol. The summed E-state index contributed by atoms with van der Waals surface area (Å²) in [5, 5.41) is 0. The first-order chi connectivity index (χ1) is 14.8. The molecule has 1 unspecified atom stereocenters. The lowest BCUT2D eigenvalue weighted by atomic mass is 10.1. The molecule has 0 aliphatic carbocycles. The number of hydrogen-bond acceptors (Lipinski definition) is 7. The molecular formula is C22H26N2O6S. The van der Waals surface area contributed by atoms with Gasteiger partial charge < -0.3 is 14.4 Å². The molecule has 1 heterocycles. The van der Waals surface area contributed by atoms with Crippen molar-refractivity contribution in [2.75, 3.05) is 38.3 Å². The molecule has 0 radical (unpaired) electrons. The van der Waals surface area contributed by atoms with Crippen molar-refractivity contribution in [1.82, 2.24) is 4.31 Å². The number of esters is 2. The van der Waals surface area contributed by atoms with Crippen molar-refractivity contribution >= 4 is 27.6 Å². The van der Waals surface area contributed by atoms with Crippen LogP contribution >= 0.6 is 0 Å². The highest BCUT2D eigenvalue weighted by Crippen LogP contribution is 2.25. The Labute approximate surface area is 182 Å². The molecule has 1 aliphatic rings. The number of rotatable bonds is 6. The van der Waals surface area contributed by atoms with Crippen LogP contribution in [0.15, 0.2) is 53.4 Å². The van der Waals surface area contributed by atoms with Crippen molar-refractivity contribution in [3.8, 4) is 0 Å². The lowest BCUT2D eigenvalue weighted by Crippen LogP contribution is -2.54. The van der Waals surface area contributed by atoms with Gasteiger partial charge in [-0.15, -0.1) is 0 Å². The Balaban J connectivity index is 1.75. The van der Waals surface area contributed by atoms with E-state index in [0.717, 1.165) is 5.69 Å². The maximum Gasteiger partial charge on any atom is 0.338 e. The van der Waals surface area contributed by atoms with E-state index >= 15 is 0 Å². The number of carbonyl (C=O) groups excluding carboxylic acids is 2. The van der Waals surface area contributed by atoms with Gasteiger partial charge in [0.1, 0.15) is 0 Å². The second-order valence-electron chi connectivity index (χ2n) is 7.20. The van der Waals surface area contributed by atoms with Gasteiger partial charge in [0.05, 0.1) is 29.7 Å². The van der Waals surface area contributed by atoms with Gasteiger partial charge in [0.25, 0.3) is 0 Å². The van der Waals surface area contributed by atoms with Crippen LogP contribution in [-0.2, 0) is 19.5 Å². The summed E-state index contributed by atoms with van der Waals surface area (Å²) in [4.78, 5) is 25.7. The summed E-state index contributed by atoms with van der Waals surface area (Å²) in [6.07, 6.45) is 0. The average Bonchev–Trinajstić information content (AvgIpc) is 2.78. The highest BCUT2D eigenvalue weighted by Gasteiger charge is 2.34. The molecule has 1 aliphatic heterocycles. The molecule has 166 valence electrons. The van der Waals surface area contributed by atoms with Crippen LogP contribution in [0.25, 0.3) is 0 Å². The Morgan fingerprint density at radius 2 is 1.74 bits per heavy atom. The first kappa shape index (κ1) is 22.8. The fraction of sp³-hybridized carbons (Fsp3) is 0.364. The largest absolute Gasteiger partial charge is 0.465 e. The molecule has 0 spiro atoms. The third kappa shape index (κ3) is 4.88.